The number of amides is 1. The number of aromatic nitrogens is 2. The summed E-state index contributed by atoms with van der Waals surface area (Å²) in [5.74, 6) is 0.920. The largest absolute Gasteiger partial charge is 0.459 e. The van der Waals surface area contributed by atoms with E-state index >= 15 is 0 Å². The molecule has 0 spiro atoms. The Labute approximate surface area is 110 Å². The zero-order valence-electron chi connectivity index (χ0n) is 10.4. The van der Waals surface area contributed by atoms with E-state index < -0.39 is 0 Å². The van der Waals surface area contributed by atoms with Crippen LogP contribution in [0.1, 0.15) is 35.0 Å². The zero-order valence-corrected chi connectivity index (χ0v) is 10.4. The van der Waals surface area contributed by atoms with Gasteiger partial charge in [0.1, 0.15) is 0 Å². The van der Waals surface area contributed by atoms with Crippen LogP contribution in [-0.2, 0) is 4.74 Å². The number of hydrogen-bond acceptors (Lipinski definition) is 4. The third kappa shape index (κ3) is 2.68. The summed E-state index contributed by atoms with van der Waals surface area (Å²) < 4.78 is 10.3. The van der Waals surface area contributed by atoms with Gasteiger partial charge in [-0.15, -0.1) is 0 Å². The second-order valence-corrected chi connectivity index (χ2v) is 4.53. The molecule has 0 radical (unpaired) electrons. The van der Waals surface area contributed by atoms with Crippen molar-refractivity contribution in [2.75, 3.05) is 18.5 Å². The van der Waals surface area contributed by atoms with Gasteiger partial charge in [0.15, 0.2) is 11.6 Å². The Morgan fingerprint density at radius 2 is 2.26 bits per heavy atom. The second-order valence-electron chi connectivity index (χ2n) is 4.53. The molecule has 1 aliphatic rings. The monoisotopic (exact) mass is 261 g/mol. The first-order chi connectivity index (χ1) is 9.33. The highest BCUT2D eigenvalue weighted by Gasteiger charge is 2.19. The number of carbonyl (C=O) groups excluding carboxylic acids is 1. The van der Waals surface area contributed by atoms with Crippen LogP contribution < -0.4 is 5.32 Å². The van der Waals surface area contributed by atoms with Crippen LogP contribution in [0.25, 0.3) is 0 Å². The number of nitrogens with zero attached hydrogens (tertiary/aromatic N) is 1. The van der Waals surface area contributed by atoms with Crippen LogP contribution in [0.2, 0.25) is 0 Å². The Bertz CT molecular complexity index is 541. The standard InChI is InChI=1S/C13H15N3O3/c17-13(11-2-1-5-19-11)14-12-8-10(15-16-12)9-3-6-18-7-4-9/h1-2,5,8-9H,3-4,6-7H2,(H2,14,15,16,17). The van der Waals surface area contributed by atoms with Gasteiger partial charge in [-0.25, -0.2) is 0 Å². The van der Waals surface area contributed by atoms with Crippen LogP contribution in [0.5, 0.6) is 0 Å². The number of H-pyrrole nitrogens is 1. The van der Waals surface area contributed by atoms with Gasteiger partial charge in [0.2, 0.25) is 0 Å². The quantitative estimate of drug-likeness (QED) is 0.887. The van der Waals surface area contributed by atoms with Crippen molar-refractivity contribution in [3.63, 3.8) is 0 Å². The number of anilines is 1. The molecule has 3 rings (SSSR count). The lowest BCUT2D eigenvalue weighted by Crippen LogP contribution is -2.14. The Balaban J connectivity index is 1.66. The molecule has 0 saturated carbocycles. The summed E-state index contributed by atoms with van der Waals surface area (Å²) in [5.41, 5.74) is 1.04. The van der Waals surface area contributed by atoms with Gasteiger partial charge in [-0.3, -0.25) is 9.89 Å². The SMILES string of the molecule is O=C(Nc1cc(C2CCOCC2)[nH]n1)c1ccco1. The number of aromatic amines is 1. The summed E-state index contributed by atoms with van der Waals surface area (Å²) in [6, 6.07) is 5.16. The van der Waals surface area contributed by atoms with E-state index in [1.165, 1.54) is 6.26 Å². The molecule has 3 heterocycles. The molecule has 0 aliphatic carbocycles. The summed E-state index contributed by atoms with van der Waals surface area (Å²) in [4.78, 5) is 11.8. The minimum atomic E-state index is -0.296. The number of carbonyl (C=O) groups is 1. The maximum absolute atomic E-state index is 11.8. The minimum Gasteiger partial charge on any atom is -0.459 e. The van der Waals surface area contributed by atoms with Gasteiger partial charge in [-0.1, -0.05) is 0 Å². The lowest BCUT2D eigenvalue weighted by Gasteiger charge is -2.20. The van der Waals surface area contributed by atoms with Gasteiger partial charge in [0.25, 0.3) is 5.91 Å². The first-order valence-corrected chi connectivity index (χ1v) is 6.31. The van der Waals surface area contributed by atoms with Crippen molar-refractivity contribution in [3.8, 4) is 0 Å². The van der Waals surface area contributed by atoms with E-state index in [1.807, 2.05) is 6.07 Å². The third-order valence-corrected chi connectivity index (χ3v) is 3.25. The Hall–Kier alpha value is -2.08. The van der Waals surface area contributed by atoms with E-state index in [2.05, 4.69) is 15.5 Å². The van der Waals surface area contributed by atoms with Gasteiger partial charge in [-0.2, -0.15) is 5.10 Å². The van der Waals surface area contributed by atoms with Crippen molar-refractivity contribution in [2.24, 2.45) is 0 Å². The molecule has 1 aliphatic heterocycles. The Morgan fingerprint density at radius 3 is 3.00 bits per heavy atom. The van der Waals surface area contributed by atoms with Gasteiger partial charge >= 0.3 is 0 Å². The van der Waals surface area contributed by atoms with Gasteiger partial charge in [0, 0.05) is 30.9 Å². The molecule has 0 atom stereocenters. The lowest BCUT2D eigenvalue weighted by molar-refractivity contribution is 0.0845. The zero-order chi connectivity index (χ0) is 13.1. The summed E-state index contributed by atoms with van der Waals surface area (Å²) in [5, 5.41) is 9.77. The lowest BCUT2D eigenvalue weighted by atomic mass is 9.97. The molecule has 2 aromatic rings. The van der Waals surface area contributed by atoms with E-state index in [-0.39, 0.29) is 11.7 Å². The Morgan fingerprint density at radius 1 is 1.42 bits per heavy atom. The molecule has 1 fully saturated rings. The first kappa shape index (κ1) is 12.0. The summed E-state index contributed by atoms with van der Waals surface area (Å²) in [6.45, 7) is 1.55. The molecule has 0 unspecified atom stereocenters. The van der Waals surface area contributed by atoms with E-state index in [4.69, 9.17) is 9.15 Å². The molecule has 1 amide bonds. The average Bonchev–Trinajstić information content (AvgIpc) is 3.11. The van der Waals surface area contributed by atoms with Gasteiger partial charge in [0.05, 0.1) is 6.26 Å². The van der Waals surface area contributed by atoms with Crippen molar-refractivity contribution >= 4 is 11.7 Å². The summed E-state index contributed by atoms with van der Waals surface area (Å²) in [7, 11) is 0. The van der Waals surface area contributed by atoms with E-state index in [9.17, 15) is 4.79 Å². The number of rotatable bonds is 3. The van der Waals surface area contributed by atoms with Crippen LogP contribution in [0.15, 0.2) is 28.9 Å². The van der Waals surface area contributed by atoms with Crippen LogP contribution in [-0.4, -0.2) is 29.3 Å². The highest BCUT2D eigenvalue weighted by Crippen LogP contribution is 2.26. The van der Waals surface area contributed by atoms with Crippen LogP contribution >= 0.6 is 0 Å². The van der Waals surface area contributed by atoms with Crippen LogP contribution in [0.3, 0.4) is 0 Å². The fourth-order valence-electron chi connectivity index (χ4n) is 2.20. The fourth-order valence-corrected chi connectivity index (χ4v) is 2.20. The molecular formula is C13H15N3O3. The maximum atomic E-state index is 11.8. The molecule has 6 heteroatoms. The highest BCUT2D eigenvalue weighted by atomic mass is 16.5. The molecule has 2 aromatic heterocycles. The first-order valence-electron chi connectivity index (χ1n) is 6.31. The maximum Gasteiger partial charge on any atom is 0.292 e. The van der Waals surface area contributed by atoms with Crippen molar-refractivity contribution in [1.82, 2.24) is 10.2 Å². The summed E-state index contributed by atoms with van der Waals surface area (Å²) >= 11 is 0. The van der Waals surface area contributed by atoms with E-state index in [0.717, 1.165) is 31.7 Å². The molecule has 0 bridgehead atoms. The highest BCUT2D eigenvalue weighted by molar-refractivity contribution is 6.01. The third-order valence-electron chi connectivity index (χ3n) is 3.25. The molecule has 100 valence electrons. The Kier molecular flexibility index (Phi) is 3.33. The number of hydrogen-bond donors (Lipinski definition) is 2. The molecule has 6 nitrogen and oxygen atoms in total. The molecule has 2 N–H and O–H groups in total. The normalized spacial score (nSPS) is 16.4. The van der Waals surface area contributed by atoms with Gasteiger partial charge < -0.3 is 14.5 Å². The van der Waals surface area contributed by atoms with E-state index in [0.29, 0.717) is 11.7 Å². The van der Waals surface area contributed by atoms with Gasteiger partial charge in [-0.05, 0) is 25.0 Å². The van der Waals surface area contributed by atoms with E-state index in [1.54, 1.807) is 12.1 Å². The topological polar surface area (TPSA) is 80.1 Å². The number of ether oxygens (including phenoxy) is 1. The summed E-state index contributed by atoms with van der Waals surface area (Å²) in [6.07, 6.45) is 3.43. The predicted molar refractivity (Wildman–Crippen MR) is 68.0 cm³/mol. The van der Waals surface area contributed by atoms with Crippen LogP contribution in [0, 0.1) is 0 Å². The van der Waals surface area contributed by atoms with Crippen molar-refractivity contribution in [3.05, 3.63) is 35.9 Å². The predicted octanol–water partition coefficient (Wildman–Crippen LogP) is 2.15. The molecule has 1 saturated heterocycles. The van der Waals surface area contributed by atoms with Crippen molar-refractivity contribution in [1.29, 1.82) is 0 Å². The smallest absolute Gasteiger partial charge is 0.292 e. The van der Waals surface area contributed by atoms with Crippen molar-refractivity contribution < 1.29 is 13.9 Å². The number of nitrogens with one attached hydrogen (secondary N) is 2. The minimum absolute atomic E-state index is 0.274. The second kappa shape index (κ2) is 5.27. The van der Waals surface area contributed by atoms with Crippen LogP contribution in [0.4, 0.5) is 5.82 Å². The van der Waals surface area contributed by atoms with Crippen molar-refractivity contribution in [2.45, 2.75) is 18.8 Å². The molecular weight excluding hydrogens is 246 g/mol. The fraction of sp³-hybridized carbons (Fsp3) is 0.385. The number of furan rings is 1. The average molecular weight is 261 g/mol. The molecule has 19 heavy (non-hydrogen) atoms. The molecule has 0 aromatic carbocycles.